The van der Waals surface area contributed by atoms with Crippen LogP contribution >= 0.6 is 33.9 Å². The van der Waals surface area contributed by atoms with Crippen molar-refractivity contribution < 1.29 is 8.42 Å². The maximum absolute atomic E-state index is 10.9. The molecular formula is C7H9IN2O2S2. The second-order valence-electron chi connectivity index (χ2n) is 3.21. The van der Waals surface area contributed by atoms with Gasteiger partial charge < -0.3 is 5.32 Å². The summed E-state index contributed by atoms with van der Waals surface area (Å²) < 4.78 is 22.9. The van der Waals surface area contributed by atoms with Crippen molar-refractivity contribution >= 4 is 43.8 Å². The number of nitrogens with zero attached hydrogens (tertiary/aromatic N) is 1. The number of thiazole rings is 1. The second kappa shape index (κ2) is 4.03. The summed E-state index contributed by atoms with van der Waals surface area (Å²) in [5.41, 5.74) is 0. The lowest BCUT2D eigenvalue weighted by molar-refractivity contribution is 0.511. The summed E-state index contributed by atoms with van der Waals surface area (Å²) in [6.07, 6.45) is 1.82. The van der Waals surface area contributed by atoms with E-state index in [4.69, 9.17) is 0 Å². The summed E-state index contributed by atoms with van der Waals surface area (Å²) in [6.45, 7) is 0.674. The van der Waals surface area contributed by atoms with Gasteiger partial charge in [-0.2, -0.15) is 0 Å². The fourth-order valence-electron chi connectivity index (χ4n) is 1.28. The fourth-order valence-corrected chi connectivity index (χ4v) is 4.14. The van der Waals surface area contributed by atoms with Gasteiger partial charge in [-0.3, -0.25) is 0 Å². The van der Waals surface area contributed by atoms with Crippen molar-refractivity contribution in [3.63, 3.8) is 0 Å². The van der Waals surface area contributed by atoms with Gasteiger partial charge in [-0.15, -0.1) is 11.3 Å². The Morgan fingerprint density at radius 1 is 1.64 bits per heavy atom. The van der Waals surface area contributed by atoms with Crippen LogP contribution in [0.2, 0.25) is 0 Å². The molecule has 14 heavy (non-hydrogen) atoms. The zero-order chi connectivity index (χ0) is 10.2. The molecule has 1 aliphatic heterocycles. The highest BCUT2D eigenvalue weighted by atomic mass is 127. The molecule has 1 aromatic heterocycles. The molecule has 0 bridgehead atoms. The van der Waals surface area contributed by atoms with Crippen LogP contribution in [0.15, 0.2) is 6.20 Å². The Morgan fingerprint density at radius 2 is 2.36 bits per heavy atom. The van der Waals surface area contributed by atoms with Crippen molar-refractivity contribution in [2.24, 2.45) is 0 Å². The van der Waals surface area contributed by atoms with Crippen molar-refractivity contribution in [3.8, 4) is 0 Å². The van der Waals surface area contributed by atoms with Gasteiger partial charge in [-0.25, -0.2) is 13.4 Å². The predicted molar refractivity (Wildman–Crippen MR) is 64.1 cm³/mol. The van der Waals surface area contributed by atoms with Crippen LogP contribution in [-0.2, 0) is 16.4 Å². The van der Waals surface area contributed by atoms with Gasteiger partial charge in [-0.05, 0) is 22.6 Å². The van der Waals surface area contributed by atoms with Crippen LogP contribution in [0, 0.1) is 2.88 Å². The van der Waals surface area contributed by atoms with Crippen LogP contribution in [0.5, 0.6) is 0 Å². The molecule has 2 heterocycles. The number of hydrogen-bond acceptors (Lipinski definition) is 5. The molecule has 0 aliphatic carbocycles. The van der Waals surface area contributed by atoms with E-state index >= 15 is 0 Å². The summed E-state index contributed by atoms with van der Waals surface area (Å²) in [4.78, 5) is 4.18. The van der Waals surface area contributed by atoms with E-state index in [0.717, 1.165) is 7.89 Å². The first kappa shape index (κ1) is 10.8. The minimum Gasteiger partial charge on any atom is -0.306 e. The molecule has 0 radical (unpaired) electrons. The summed E-state index contributed by atoms with van der Waals surface area (Å²) in [5, 5.41) is 4.18. The molecule has 1 N–H and O–H groups in total. The van der Waals surface area contributed by atoms with E-state index in [2.05, 4.69) is 32.9 Å². The standard InChI is InChI=1S/C7H9IN2O2S2/c8-6-1-10-7(13-6)2-9-5-3-14(11,12)4-5/h1,5,9H,2-4H2. The molecule has 0 atom stereocenters. The molecule has 0 amide bonds. The SMILES string of the molecule is O=S1(=O)CC(NCc2ncc(I)s2)C1. The number of aromatic nitrogens is 1. The molecule has 4 nitrogen and oxygen atoms in total. The van der Waals surface area contributed by atoms with Gasteiger partial charge in [0, 0.05) is 12.6 Å². The van der Waals surface area contributed by atoms with Crippen molar-refractivity contribution in [2.75, 3.05) is 11.5 Å². The molecule has 0 unspecified atom stereocenters. The molecule has 1 aromatic rings. The molecule has 7 heteroatoms. The van der Waals surface area contributed by atoms with Gasteiger partial charge in [0.05, 0.1) is 20.6 Å². The summed E-state index contributed by atoms with van der Waals surface area (Å²) in [5.74, 6) is 0.547. The van der Waals surface area contributed by atoms with Gasteiger partial charge in [-0.1, -0.05) is 0 Å². The van der Waals surface area contributed by atoms with Crippen LogP contribution in [-0.4, -0.2) is 30.9 Å². The third-order valence-corrected chi connectivity index (χ3v) is 5.52. The monoisotopic (exact) mass is 344 g/mol. The Balaban J connectivity index is 1.79. The number of hydrogen-bond donors (Lipinski definition) is 1. The number of sulfone groups is 1. The lowest BCUT2D eigenvalue weighted by Gasteiger charge is -2.26. The molecule has 1 saturated heterocycles. The summed E-state index contributed by atoms with van der Waals surface area (Å²) in [6, 6.07) is 0.126. The van der Waals surface area contributed by atoms with Crippen LogP contribution in [0.4, 0.5) is 0 Å². The van der Waals surface area contributed by atoms with Crippen LogP contribution < -0.4 is 5.32 Å². The zero-order valence-corrected chi connectivity index (χ0v) is 11.0. The van der Waals surface area contributed by atoms with Crippen molar-refractivity contribution in [1.82, 2.24) is 10.3 Å². The largest absolute Gasteiger partial charge is 0.306 e. The van der Waals surface area contributed by atoms with E-state index in [1.165, 1.54) is 0 Å². The minimum atomic E-state index is -2.71. The number of halogens is 1. The fraction of sp³-hybridized carbons (Fsp3) is 0.571. The molecule has 0 saturated carbocycles. The average Bonchev–Trinajstić information content (AvgIpc) is 2.44. The van der Waals surface area contributed by atoms with E-state index < -0.39 is 9.84 Å². The molecule has 1 aliphatic rings. The lowest BCUT2D eigenvalue weighted by Crippen LogP contribution is -2.50. The predicted octanol–water partition coefficient (Wildman–Crippen LogP) is 0.634. The molecule has 0 aromatic carbocycles. The van der Waals surface area contributed by atoms with Crippen molar-refractivity contribution in [1.29, 1.82) is 0 Å². The van der Waals surface area contributed by atoms with Crippen LogP contribution in [0.3, 0.4) is 0 Å². The van der Waals surface area contributed by atoms with Gasteiger partial charge in [0.15, 0.2) is 9.84 Å². The topological polar surface area (TPSA) is 59.1 Å². The highest BCUT2D eigenvalue weighted by Gasteiger charge is 2.32. The molecule has 0 spiro atoms. The first-order valence-corrected chi connectivity index (χ1v) is 7.81. The van der Waals surface area contributed by atoms with E-state index in [0.29, 0.717) is 6.54 Å². The summed E-state index contributed by atoms with van der Waals surface area (Å²) in [7, 11) is -2.71. The van der Waals surface area contributed by atoms with E-state index in [-0.39, 0.29) is 17.5 Å². The minimum absolute atomic E-state index is 0.126. The van der Waals surface area contributed by atoms with E-state index in [1.807, 2.05) is 6.20 Å². The highest BCUT2D eigenvalue weighted by molar-refractivity contribution is 14.1. The van der Waals surface area contributed by atoms with Crippen molar-refractivity contribution in [2.45, 2.75) is 12.6 Å². The second-order valence-corrected chi connectivity index (χ2v) is 8.38. The highest BCUT2D eigenvalue weighted by Crippen LogP contribution is 2.16. The van der Waals surface area contributed by atoms with Crippen LogP contribution in [0.25, 0.3) is 0 Å². The third-order valence-electron chi connectivity index (χ3n) is 1.98. The maximum Gasteiger partial charge on any atom is 0.153 e. The van der Waals surface area contributed by atoms with Crippen LogP contribution in [0.1, 0.15) is 5.01 Å². The molecular weight excluding hydrogens is 335 g/mol. The quantitative estimate of drug-likeness (QED) is 0.818. The first-order valence-electron chi connectivity index (χ1n) is 4.09. The zero-order valence-electron chi connectivity index (χ0n) is 7.23. The number of rotatable bonds is 3. The van der Waals surface area contributed by atoms with Gasteiger partial charge in [0.25, 0.3) is 0 Å². The van der Waals surface area contributed by atoms with Gasteiger partial charge in [0.2, 0.25) is 0 Å². The molecule has 78 valence electrons. The normalized spacial score (nSPS) is 20.6. The van der Waals surface area contributed by atoms with E-state index in [9.17, 15) is 8.42 Å². The average molecular weight is 344 g/mol. The van der Waals surface area contributed by atoms with Gasteiger partial charge in [0.1, 0.15) is 5.01 Å². The Morgan fingerprint density at radius 3 is 2.86 bits per heavy atom. The molecule has 2 rings (SSSR count). The number of nitrogens with one attached hydrogen (secondary N) is 1. The van der Waals surface area contributed by atoms with Crippen molar-refractivity contribution in [3.05, 3.63) is 14.1 Å². The summed E-state index contributed by atoms with van der Waals surface area (Å²) >= 11 is 3.85. The third kappa shape index (κ3) is 2.65. The first-order chi connectivity index (χ1) is 6.55. The van der Waals surface area contributed by atoms with E-state index in [1.54, 1.807) is 11.3 Å². The smallest absolute Gasteiger partial charge is 0.153 e. The lowest BCUT2D eigenvalue weighted by atomic mass is 10.4. The molecule has 1 fully saturated rings. The Kier molecular flexibility index (Phi) is 3.10. The Labute approximate surface area is 100 Å². The maximum atomic E-state index is 10.9. The van der Waals surface area contributed by atoms with Gasteiger partial charge >= 0.3 is 0 Å². The Bertz CT molecular complexity index is 417. The Hall–Kier alpha value is 0.270.